The summed E-state index contributed by atoms with van der Waals surface area (Å²) in [5, 5.41) is 12.3. The molecule has 0 bridgehead atoms. The van der Waals surface area contributed by atoms with E-state index < -0.39 is 0 Å². The second kappa shape index (κ2) is 8.34. The smallest absolute Gasteiger partial charge is 0.227 e. The van der Waals surface area contributed by atoms with Gasteiger partial charge in [0.25, 0.3) is 0 Å². The molecule has 0 radical (unpaired) electrons. The van der Waals surface area contributed by atoms with Gasteiger partial charge in [-0.2, -0.15) is 5.10 Å². The number of rotatable bonds is 5. The summed E-state index contributed by atoms with van der Waals surface area (Å²) in [7, 11) is 0. The van der Waals surface area contributed by atoms with Gasteiger partial charge in [-0.1, -0.05) is 12.1 Å². The Hall–Kier alpha value is -4.92. The maximum absolute atomic E-state index is 13.9. The number of carbonyl (C=O) groups excluding carboxylic acids is 1. The molecule has 5 heterocycles. The number of anilines is 1. The molecule has 1 saturated carbocycles. The van der Waals surface area contributed by atoms with Gasteiger partial charge in [0, 0.05) is 40.2 Å². The standard InChI is InChI=1S/C28H20FN7O/c29-18-3-1-2-16(6-18)22-12-31-13-25-20(22)8-24(34-25)27-21-9-23(32-14-26(21)35-36-27)17-7-19(11-30-10-17)33-28(37)15-4-5-15/h1-3,6-15,34H,4-5H2,(H,33,37)(H,35,36). The molecule has 1 aromatic carbocycles. The van der Waals surface area contributed by atoms with Crippen LogP contribution in [0.2, 0.25) is 0 Å². The molecule has 0 unspecified atom stereocenters. The summed E-state index contributed by atoms with van der Waals surface area (Å²) >= 11 is 0. The predicted molar refractivity (Wildman–Crippen MR) is 139 cm³/mol. The third-order valence-corrected chi connectivity index (χ3v) is 6.63. The minimum absolute atomic E-state index is 0.0328. The van der Waals surface area contributed by atoms with Gasteiger partial charge in [-0.15, -0.1) is 0 Å². The summed E-state index contributed by atoms with van der Waals surface area (Å²) in [6.45, 7) is 0. The zero-order valence-corrected chi connectivity index (χ0v) is 19.5. The van der Waals surface area contributed by atoms with E-state index in [-0.39, 0.29) is 17.6 Å². The summed E-state index contributed by atoms with van der Waals surface area (Å²) in [5.74, 6) is -0.154. The normalized spacial score (nSPS) is 13.3. The molecule has 37 heavy (non-hydrogen) atoms. The van der Waals surface area contributed by atoms with Crippen LogP contribution in [0.25, 0.3) is 55.6 Å². The van der Waals surface area contributed by atoms with Gasteiger partial charge < -0.3 is 10.3 Å². The highest BCUT2D eigenvalue weighted by Gasteiger charge is 2.29. The number of carbonyl (C=O) groups is 1. The van der Waals surface area contributed by atoms with E-state index in [9.17, 15) is 9.18 Å². The van der Waals surface area contributed by atoms with E-state index in [1.165, 1.54) is 12.1 Å². The molecule has 1 aliphatic carbocycles. The van der Waals surface area contributed by atoms with Crippen LogP contribution in [0.4, 0.5) is 10.1 Å². The Bertz CT molecular complexity index is 1820. The molecule has 6 aromatic rings. The average molecular weight is 490 g/mol. The van der Waals surface area contributed by atoms with E-state index in [1.807, 2.05) is 24.3 Å². The van der Waals surface area contributed by atoms with Crippen LogP contribution in [0.15, 0.2) is 73.4 Å². The number of amides is 1. The fourth-order valence-corrected chi connectivity index (χ4v) is 4.58. The summed E-state index contributed by atoms with van der Waals surface area (Å²) in [5.41, 5.74) is 6.87. The molecule has 0 spiro atoms. The van der Waals surface area contributed by atoms with Crippen molar-refractivity contribution < 1.29 is 9.18 Å². The molecule has 9 heteroatoms. The number of hydrogen-bond acceptors (Lipinski definition) is 5. The van der Waals surface area contributed by atoms with Crippen LogP contribution < -0.4 is 5.32 Å². The number of hydrogen-bond donors (Lipinski definition) is 3. The zero-order valence-electron chi connectivity index (χ0n) is 19.5. The van der Waals surface area contributed by atoms with Gasteiger partial charge >= 0.3 is 0 Å². The molecule has 1 aliphatic rings. The van der Waals surface area contributed by atoms with Crippen molar-refractivity contribution in [2.75, 3.05) is 5.32 Å². The molecule has 1 amide bonds. The fraction of sp³-hybridized carbons (Fsp3) is 0.107. The van der Waals surface area contributed by atoms with Crippen molar-refractivity contribution in [3.05, 3.63) is 79.3 Å². The molecule has 180 valence electrons. The van der Waals surface area contributed by atoms with Crippen LogP contribution in [0.1, 0.15) is 12.8 Å². The Morgan fingerprint density at radius 3 is 2.68 bits per heavy atom. The Morgan fingerprint density at radius 2 is 1.81 bits per heavy atom. The van der Waals surface area contributed by atoms with E-state index in [2.05, 4.69) is 35.5 Å². The monoisotopic (exact) mass is 489 g/mol. The largest absolute Gasteiger partial charge is 0.352 e. The van der Waals surface area contributed by atoms with E-state index in [4.69, 9.17) is 0 Å². The number of fused-ring (bicyclic) bond motifs is 2. The summed E-state index contributed by atoms with van der Waals surface area (Å²) in [6, 6.07) is 12.3. The summed E-state index contributed by atoms with van der Waals surface area (Å²) in [4.78, 5) is 28.8. The highest BCUT2D eigenvalue weighted by atomic mass is 19.1. The maximum Gasteiger partial charge on any atom is 0.227 e. The third kappa shape index (κ3) is 3.90. The van der Waals surface area contributed by atoms with Crippen LogP contribution in [0.5, 0.6) is 0 Å². The molecular formula is C28H20FN7O. The Balaban J connectivity index is 1.28. The van der Waals surface area contributed by atoms with E-state index in [1.54, 1.807) is 37.1 Å². The van der Waals surface area contributed by atoms with Gasteiger partial charge in [0.1, 0.15) is 11.5 Å². The molecule has 8 nitrogen and oxygen atoms in total. The van der Waals surface area contributed by atoms with Crippen molar-refractivity contribution in [2.24, 2.45) is 5.92 Å². The number of benzene rings is 1. The first-order chi connectivity index (χ1) is 18.1. The molecule has 0 saturated heterocycles. The second-order valence-corrected chi connectivity index (χ2v) is 9.25. The maximum atomic E-state index is 13.9. The van der Waals surface area contributed by atoms with Gasteiger partial charge in [0.15, 0.2) is 0 Å². The van der Waals surface area contributed by atoms with Crippen molar-refractivity contribution in [2.45, 2.75) is 12.8 Å². The van der Waals surface area contributed by atoms with E-state index in [0.29, 0.717) is 11.4 Å². The van der Waals surface area contributed by atoms with Gasteiger partial charge in [-0.3, -0.25) is 24.8 Å². The van der Waals surface area contributed by atoms with Crippen LogP contribution in [-0.2, 0) is 4.79 Å². The Labute approximate surface area is 210 Å². The molecular weight excluding hydrogens is 469 g/mol. The van der Waals surface area contributed by atoms with Crippen molar-refractivity contribution in [3.8, 4) is 33.8 Å². The average Bonchev–Trinajstić information content (AvgIpc) is 3.55. The number of pyridine rings is 3. The van der Waals surface area contributed by atoms with Crippen LogP contribution in [0.3, 0.4) is 0 Å². The van der Waals surface area contributed by atoms with Crippen LogP contribution >= 0.6 is 0 Å². The quantitative estimate of drug-likeness (QED) is 0.287. The molecule has 7 rings (SSSR count). The number of H-pyrrole nitrogens is 2. The molecule has 0 aliphatic heterocycles. The van der Waals surface area contributed by atoms with Crippen molar-refractivity contribution in [1.29, 1.82) is 0 Å². The minimum atomic E-state index is -0.297. The summed E-state index contributed by atoms with van der Waals surface area (Å²) < 4.78 is 13.9. The highest BCUT2D eigenvalue weighted by molar-refractivity contribution is 6.01. The number of aromatic nitrogens is 6. The van der Waals surface area contributed by atoms with E-state index >= 15 is 0 Å². The van der Waals surface area contributed by atoms with Gasteiger partial charge in [0.2, 0.25) is 5.91 Å². The van der Waals surface area contributed by atoms with Crippen LogP contribution in [-0.4, -0.2) is 36.0 Å². The number of aromatic amines is 2. The van der Waals surface area contributed by atoms with Gasteiger partial charge in [0.05, 0.1) is 46.7 Å². The molecule has 0 atom stereocenters. The molecule has 3 N–H and O–H groups in total. The topological polar surface area (TPSA) is 112 Å². The number of nitrogens with one attached hydrogen (secondary N) is 3. The summed E-state index contributed by atoms with van der Waals surface area (Å²) in [6.07, 6.45) is 10.5. The Morgan fingerprint density at radius 1 is 0.919 bits per heavy atom. The zero-order chi connectivity index (χ0) is 24.9. The number of halogens is 1. The first-order valence-electron chi connectivity index (χ1n) is 12.0. The lowest BCUT2D eigenvalue weighted by Gasteiger charge is -2.06. The fourth-order valence-electron chi connectivity index (χ4n) is 4.58. The SMILES string of the molecule is O=C(Nc1cncc(-c2cc3c(-c4cc5c(-c6cccc(F)c6)cncc5[nH]4)n[nH]c3cn2)c1)C1CC1. The lowest BCUT2D eigenvalue weighted by molar-refractivity contribution is -0.117. The molecule has 5 aromatic heterocycles. The lowest BCUT2D eigenvalue weighted by Crippen LogP contribution is -2.13. The highest BCUT2D eigenvalue weighted by Crippen LogP contribution is 2.35. The lowest BCUT2D eigenvalue weighted by atomic mass is 10.0. The second-order valence-electron chi connectivity index (χ2n) is 9.25. The van der Waals surface area contributed by atoms with Crippen molar-refractivity contribution in [3.63, 3.8) is 0 Å². The first kappa shape index (κ1) is 21.4. The first-order valence-corrected chi connectivity index (χ1v) is 12.0. The number of nitrogens with zero attached hydrogens (tertiary/aromatic N) is 4. The van der Waals surface area contributed by atoms with Crippen LogP contribution in [0, 0.1) is 11.7 Å². The van der Waals surface area contributed by atoms with Crippen molar-refractivity contribution >= 4 is 33.4 Å². The van der Waals surface area contributed by atoms with Gasteiger partial charge in [-0.25, -0.2) is 4.39 Å². The van der Waals surface area contributed by atoms with E-state index in [0.717, 1.165) is 62.7 Å². The van der Waals surface area contributed by atoms with Crippen molar-refractivity contribution in [1.82, 2.24) is 30.1 Å². The third-order valence-electron chi connectivity index (χ3n) is 6.63. The minimum Gasteiger partial charge on any atom is -0.352 e. The Kier molecular flexibility index (Phi) is 4.81. The molecule has 1 fully saturated rings. The predicted octanol–water partition coefficient (Wildman–Crippen LogP) is 5.72. The van der Waals surface area contributed by atoms with Gasteiger partial charge in [-0.05, 0) is 48.7 Å².